The molecule has 0 fully saturated rings. The fourth-order valence-corrected chi connectivity index (χ4v) is 3.43. The van der Waals surface area contributed by atoms with Gasteiger partial charge in [-0.15, -0.1) is 0 Å². The summed E-state index contributed by atoms with van der Waals surface area (Å²) in [5.74, 6) is -0.114. The molecule has 3 N–H and O–H groups in total. The van der Waals surface area contributed by atoms with Gasteiger partial charge >= 0.3 is 0 Å². The monoisotopic (exact) mass is 335 g/mol. The molecule has 1 aliphatic carbocycles. The van der Waals surface area contributed by atoms with Crippen LogP contribution in [-0.4, -0.2) is 32.8 Å². The van der Waals surface area contributed by atoms with E-state index < -0.39 is 0 Å². The summed E-state index contributed by atoms with van der Waals surface area (Å²) in [6.45, 7) is 0.565. The molecule has 1 aromatic carbocycles. The quantitative estimate of drug-likeness (QED) is 0.670. The van der Waals surface area contributed by atoms with Gasteiger partial charge in [-0.25, -0.2) is 0 Å². The number of aromatic amines is 2. The SMILES string of the molecule is O=C(NCCc1n[nH]c2c1CCCC2)c1cn[nH]c1-c1ccccc1. The second-order valence-electron chi connectivity index (χ2n) is 6.37. The minimum Gasteiger partial charge on any atom is -0.352 e. The molecule has 0 bridgehead atoms. The van der Waals surface area contributed by atoms with Crippen LogP contribution in [0.4, 0.5) is 0 Å². The Morgan fingerprint density at radius 1 is 1.12 bits per heavy atom. The third kappa shape index (κ3) is 3.20. The lowest BCUT2D eigenvalue weighted by Gasteiger charge is -2.11. The van der Waals surface area contributed by atoms with Crippen molar-refractivity contribution in [3.63, 3.8) is 0 Å². The van der Waals surface area contributed by atoms with Crippen LogP contribution in [0, 0.1) is 0 Å². The molecular weight excluding hydrogens is 314 g/mol. The second kappa shape index (κ2) is 6.93. The Kier molecular flexibility index (Phi) is 4.33. The van der Waals surface area contributed by atoms with Crippen LogP contribution in [0.3, 0.4) is 0 Å². The number of carbonyl (C=O) groups is 1. The van der Waals surface area contributed by atoms with Crippen LogP contribution in [0.5, 0.6) is 0 Å². The maximum atomic E-state index is 12.5. The molecular formula is C19H21N5O. The maximum absolute atomic E-state index is 12.5. The molecule has 0 spiro atoms. The molecule has 6 heteroatoms. The van der Waals surface area contributed by atoms with E-state index >= 15 is 0 Å². The Morgan fingerprint density at radius 2 is 1.96 bits per heavy atom. The normalized spacial score (nSPS) is 13.4. The number of H-pyrrole nitrogens is 2. The lowest BCUT2D eigenvalue weighted by atomic mass is 9.95. The number of hydrogen-bond acceptors (Lipinski definition) is 3. The van der Waals surface area contributed by atoms with Crippen LogP contribution in [-0.2, 0) is 19.3 Å². The molecule has 0 unspecified atom stereocenters. The first-order valence-electron chi connectivity index (χ1n) is 8.75. The fourth-order valence-electron chi connectivity index (χ4n) is 3.43. The molecule has 2 heterocycles. The van der Waals surface area contributed by atoms with Crippen molar-refractivity contribution in [2.45, 2.75) is 32.1 Å². The highest BCUT2D eigenvalue weighted by Crippen LogP contribution is 2.23. The van der Waals surface area contributed by atoms with E-state index in [9.17, 15) is 4.79 Å². The molecule has 6 nitrogen and oxygen atoms in total. The van der Waals surface area contributed by atoms with Crippen molar-refractivity contribution < 1.29 is 4.79 Å². The topological polar surface area (TPSA) is 86.5 Å². The van der Waals surface area contributed by atoms with Gasteiger partial charge in [0.1, 0.15) is 0 Å². The highest BCUT2D eigenvalue weighted by atomic mass is 16.1. The summed E-state index contributed by atoms with van der Waals surface area (Å²) in [5.41, 5.74) is 5.98. The average Bonchev–Trinajstić information content (AvgIpc) is 3.30. The van der Waals surface area contributed by atoms with E-state index in [4.69, 9.17) is 0 Å². The molecule has 0 atom stereocenters. The van der Waals surface area contributed by atoms with Gasteiger partial charge < -0.3 is 5.32 Å². The Morgan fingerprint density at radius 3 is 2.84 bits per heavy atom. The van der Waals surface area contributed by atoms with Crippen LogP contribution in [0.2, 0.25) is 0 Å². The van der Waals surface area contributed by atoms with Crippen molar-refractivity contribution in [3.8, 4) is 11.3 Å². The molecule has 2 aromatic heterocycles. The van der Waals surface area contributed by atoms with Crippen LogP contribution in [0.15, 0.2) is 36.5 Å². The largest absolute Gasteiger partial charge is 0.352 e. The minimum atomic E-state index is -0.114. The molecule has 0 saturated heterocycles. The van der Waals surface area contributed by atoms with Crippen molar-refractivity contribution in [3.05, 3.63) is 59.0 Å². The molecule has 4 rings (SSSR count). The number of benzene rings is 1. The number of rotatable bonds is 5. The molecule has 0 saturated carbocycles. The molecule has 0 aliphatic heterocycles. The zero-order valence-corrected chi connectivity index (χ0v) is 14.0. The molecule has 1 aliphatic rings. The van der Waals surface area contributed by atoms with Gasteiger partial charge in [0.15, 0.2) is 0 Å². The van der Waals surface area contributed by atoms with Gasteiger partial charge in [-0.2, -0.15) is 10.2 Å². The van der Waals surface area contributed by atoms with Gasteiger partial charge in [-0.1, -0.05) is 30.3 Å². The molecule has 128 valence electrons. The van der Waals surface area contributed by atoms with Crippen LogP contribution in [0.1, 0.15) is 40.2 Å². The highest BCUT2D eigenvalue weighted by molar-refractivity contribution is 5.99. The van der Waals surface area contributed by atoms with Gasteiger partial charge in [0.05, 0.1) is 23.1 Å². The van der Waals surface area contributed by atoms with E-state index in [0.717, 1.165) is 36.2 Å². The maximum Gasteiger partial charge on any atom is 0.255 e. The summed E-state index contributed by atoms with van der Waals surface area (Å²) in [7, 11) is 0. The average molecular weight is 335 g/mol. The highest BCUT2D eigenvalue weighted by Gasteiger charge is 2.18. The summed E-state index contributed by atoms with van der Waals surface area (Å²) in [6, 6.07) is 9.75. The van der Waals surface area contributed by atoms with Crippen LogP contribution >= 0.6 is 0 Å². The first kappa shape index (κ1) is 15.6. The summed E-state index contributed by atoms with van der Waals surface area (Å²) >= 11 is 0. The minimum absolute atomic E-state index is 0.114. The smallest absolute Gasteiger partial charge is 0.255 e. The van der Waals surface area contributed by atoms with Crippen LogP contribution in [0.25, 0.3) is 11.3 Å². The van der Waals surface area contributed by atoms with Gasteiger partial charge in [0, 0.05) is 24.2 Å². The van der Waals surface area contributed by atoms with Crippen molar-refractivity contribution in [1.82, 2.24) is 25.7 Å². The summed E-state index contributed by atoms with van der Waals surface area (Å²) in [6.07, 6.45) is 6.96. The van der Waals surface area contributed by atoms with E-state index in [1.165, 1.54) is 24.1 Å². The van der Waals surface area contributed by atoms with Gasteiger partial charge in [0.25, 0.3) is 5.91 Å². The van der Waals surface area contributed by atoms with Gasteiger partial charge in [0.2, 0.25) is 0 Å². The number of aryl methyl sites for hydroxylation is 1. The first-order valence-corrected chi connectivity index (χ1v) is 8.75. The summed E-state index contributed by atoms with van der Waals surface area (Å²) in [5, 5.41) is 17.5. The lowest BCUT2D eigenvalue weighted by molar-refractivity contribution is 0.0954. The molecule has 3 aromatic rings. The number of nitrogens with one attached hydrogen (secondary N) is 3. The zero-order valence-electron chi connectivity index (χ0n) is 14.0. The van der Waals surface area contributed by atoms with Gasteiger partial charge in [-0.3, -0.25) is 15.0 Å². The first-order chi connectivity index (χ1) is 12.3. The van der Waals surface area contributed by atoms with E-state index in [1.54, 1.807) is 6.20 Å². The lowest BCUT2D eigenvalue weighted by Crippen LogP contribution is -2.26. The van der Waals surface area contributed by atoms with E-state index in [1.807, 2.05) is 30.3 Å². The van der Waals surface area contributed by atoms with Crippen LogP contribution < -0.4 is 5.32 Å². The van der Waals surface area contributed by atoms with Crippen molar-refractivity contribution in [2.75, 3.05) is 6.54 Å². The van der Waals surface area contributed by atoms with Crippen molar-refractivity contribution in [2.24, 2.45) is 0 Å². The number of nitrogens with zero attached hydrogens (tertiary/aromatic N) is 2. The second-order valence-corrected chi connectivity index (χ2v) is 6.37. The number of carbonyl (C=O) groups excluding carboxylic acids is 1. The molecule has 25 heavy (non-hydrogen) atoms. The third-order valence-corrected chi connectivity index (χ3v) is 4.74. The number of aromatic nitrogens is 4. The Labute approximate surface area is 146 Å². The third-order valence-electron chi connectivity index (χ3n) is 4.74. The van der Waals surface area contributed by atoms with Crippen molar-refractivity contribution in [1.29, 1.82) is 0 Å². The molecule has 0 radical (unpaired) electrons. The predicted molar refractivity (Wildman–Crippen MR) is 95.3 cm³/mol. The van der Waals surface area contributed by atoms with E-state index in [0.29, 0.717) is 12.1 Å². The fraction of sp³-hybridized carbons (Fsp3) is 0.316. The van der Waals surface area contributed by atoms with Crippen molar-refractivity contribution >= 4 is 5.91 Å². The summed E-state index contributed by atoms with van der Waals surface area (Å²) < 4.78 is 0. The Balaban J connectivity index is 1.40. The Hall–Kier alpha value is -2.89. The molecule has 1 amide bonds. The number of fused-ring (bicyclic) bond motifs is 1. The summed E-state index contributed by atoms with van der Waals surface area (Å²) in [4.78, 5) is 12.5. The zero-order chi connectivity index (χ0) is 17.1. The van der Waals surface area contributed by atoms with E-state index in [-0.39, 0.29) is 5.91 Å². The number of amides is 1. The Bertz CT molecular complexity index is 865. The standard InChI is InChI=1S/C19H21N5O/c25-19(15-12-21-24-18(15)13-6-2-1-3-7-13)20-11-10-17-14-8-4-5-9-16(14)22-23-17/h1-3,6-7,12H,4-5,8-11H2,(H,20,25)(H,21,24)(H,22,23). The van der Waals surface area contributed by atoms with E-state index in [2.05, 4.69) is 25.7 Å². The number of hydrogen-bond donors (Lipinski definition) is 3. The van der Waals surface area contributed by atoms with Gasteiger partial charge in [-0.05, 0) is 31.2 Å². The predicted octanol–water partition coefficient (Wildman–Crippen LogP) is 2.65.